The normalized spacial score (nSPS) is 26.5. The molecule has 2 unspecified atom stereocenters. The summed E-state index contributed by atoms with van der Waals surface area (Å²) in [7, 11) is -3.42. The molecule has 2 rings (SSSR count). The Morgan fingerprint density at radius 2 is 1.76 bits per heavy atom. The maximum Gasteiger partial charge on any atom is 0.410 e. The second-order valence-corrected chi connectivity index (χ2v) is 10.2. The fourth-order valence-corrected chi connectivity index (χ4v) is 4.40. The first kappa shape index (κ1) is 20.5. The molecule has 1 saturated heterocycles. The van der Waals surface area contributed by atoms with Gasteiger partial charge in [0.05, 0.1) is 12.9 Å². The number of rotatable bonds is 4. The Kier molecular flexibility index (Phi) is 6.76. The van der Waals surface area contributed by atoms with Crippen LogP contribution in [0, 0.1) is 11.8 Å². The average molecular weight is 376 g/mol. The molecule has 6 nitrogen and oxygen atoms in total. The number of hydrogen-bond acceptors (Lipinski definition) is 5. The summed E-state index contributed by atoms with van der Waals surface area (Å²) in [6, 6.07) is 0.122. The molecule has 2 atom stereocenters. The maximum atomic E-state index is 12.7. The molecule has 2 fully saturated rings. The summed E-state index contributed by atoms with van der Waals surface area (Å²) in [5.74, 6) is 0.641. The van der Waals surface area contributed by atoms with Crippen LogP contribution in [-0.4, -0.2) is 50.5 Å². The maximum absolute atomic E-state index is 12.7. The molecular weight excluding hydrogens is 342 g/mol. The molecule has 1 saturated carbocycles. The molecule has 1 amide bonds. The Balaban J connectivity index is 2.06. The van der Waals surface area contributed by atoms with Crippen LogP contribution in [0.2, 0.25) is 0 Å². The summed E-state index contributed by atoms with van der Waals surface area (Å²) in [5.41, 5.74) is -0.509. The number of carbonyl (C=O) groups is 1. The Morgan fingerprint density at radius 3 is 2.32 bits per heavy atom. The monoisotopic (exact) mass is 375 g/mol. The molecule has 25 heavy (non-hydrogen) atoms. The third-order valence-corrected chi connectivity index (χ3v) is 5.66. The van der Waals surface area contributed by atoms with E-state index in [-0.39, 0.29) is 24.7 Å². The second kappa shape index (κ2) is 8.25. The summed E-state index contributed by atoms with van der Waals surface area (Å²) < 4.78 is 33.2. The lowest BCUT2D eigenvalue weighted by atomic mass is 9.77. The number of piperidine rings is 1. The van der Waals surface area contributed by atoms with E-state index in [2.05, 4.69) is 0 Å². The lowest BCUT2D eigenvalue weighted by Gasteiger charge is -2.44. The van der Waals surface area contributed by atoms with E-state index in [1.54, 1.807) is 0 Å². The Bertz CT molecular complexity index is 548. The summed E-state index contributed by atoms with van der Waals surface area (Å²) >= 11 is 0. The number of carbonyl (C=O) groups excluding carboxylic acids is 1. The average Bonchev–Trinajstić information content (AvgIpc) is 2.51. The predicted octanol–water partition coefficient (Wildman–Crippen LogP) is 3.56. The van der Waals surface area contributed by atoms with E-state index >= 15 is 0 Å². The van der Waals surface area contributed by atoms with Gasteiger partial charge in [-0.2, -0.15) is 8.42 Å². The minimum absolute atomic E-state index is 0.122. The third kappa shape index (κ3) is 6.77. The molecule has 0 N–H and O–H groups in total. The highest BCUT2D eigenvalue weighted by Gasteiger charge is 2.39. The number of hydrogen-bond donors (Lipinski definition) is 0. The molecule has 0 spiro atoms. The first-order chi connectivity index (χ1) is 11.6. The molecule has 1 heterocycles. The quantitative estimate of drug-likeness (QED) is 0.703. The molecule has 0 aromatic heterocycles. The summed E-state index contributed by atoms with van der Waals surface area (Å²) in [4.78, 5) is 14.6. The van der Waals surface area contributed by atoms with Crippen molar-refractivity contribution in [2.75, 3.05) is 19.4 Å². The van der Waals surface area contributed by atoms with Gasteiger partial charge in [0, 0.05) is 12.6 Å². The zero-order valence-corrected chi connectivity index (χ0v) is 16.8. The summed E-state index contributed by atoms with van der Waals surface area (Å²) in [5, 5.41) is 0. The van der Waals surface area contributed by atoms with Gasteiger partial charge in [-0.25, -0.2) is 4.79 Å². The largest absolute Gasteiger partial charge is 0.444 e. The molecule has 146 valence electrons. The highest BCUT2D eigenvalue weighted by molar-refractivity contribution is 7.85. The van der Waals surface area contributed by atoms with Gasteiger partial charge in [-0.3, -0.25) is 4.18 Å². The van der Waals surface area contributed by atoms with E-state index in [0.29, 0.717) is 12.5 Å². The topological polar surface area (TPSA) is 72.9 Å². The van der Waals surface area contributed by atoms with Crippen LogP contribution in [0.1, 0.15) is 65.7 Å². The van der Waals surface area contributed by atoms with Crippen molar-refractivity contribution in [3.8, 4) is 0 Å². The standard InChI is InChI=1S/C18H33NO5S/c1-18(2,3)24-17(20)19-11-10-14(13-23-25(4,21)22)12-16(19)15-8-6-5-7-9-15/h14-16H,5-13H2,1-4H3. The highest BCUT2D eigenvalue weighted by Crippen LogP contribution is 2.36. The minimum Gasteiger partial charge on any atom is -0.444 e. The van der Waals surface area contributed by atoms with Gasteiger partial charge in [0.1, 0.15) is 5.60 Å². The van der Waals surface area contributed by atoms with Gasteiger partial charge in [-0.15, -0.1) is 0 Å². The van der Waals surface area contributed by atoms with Gasteiger partial charge in [0.25, 0.3) is 10.1 Å². The molecule has 0 radical (unpaired) electrons. The van der Waals surface area contributed by atoms with Crippen molar-refractivity contribution < 1.29 is 22.1 Å². The lowest BCUT2D eigenvalue weighted by Crippen LogP contribution is -2.52. The van der Waals surface area contributed by atoms with Gasteiger partial charge < -0.3 is 9.64 Å². The van der Waals surface area contributed by atoms with Crippen molar-refractivity contribution in [2.45, 2.75) is 77.4 Å². The summed E-state index contributed by atoms with van der Waals surface area (Å²) in [6.45, 7) is 6.46. The fraction of sp³-hybridized carbons (Fsp3) is 0.944. The second-order valence-electron chi connectivity index (χ2n) is 8.52. The molecule has 0 aromatic rings. The van der Waals surface area contributed by atoms with Gasteiger partial charge in [0.15, 0.2) is 0 Å². The third-order valence-electron chi connectivity index (χ3n) is 5.09. The van der Waals surface area contributed by atoms with Crippen molar-refractivity contribution in [1.29, 1.82) is 0 Å². The van der Waals surface area contributed by atoms with Crippen LogP contribution < -0.4 is 0 Å². The Hall–Kier alpha value is -0.820. The molecule has 2 aliphatic rings. The van der Waals surface area contributed by atoms with Crippen LogP contribution in [0.3, 0.4) is 0 Å². The van der Waals surface area contributed by atoms with E-state index < -0.39 is 15.7 Å². The SMILES string of the molecule is CC(C)(C)OC(=O)N1CCC(COS(C)(=O)=O)CC1C1CCCCC1. The Labute approximate surface area is 152 Å². The minimum atomic E-state index is -3.42. The highest BCUT2D eigenvalue weighted by atomic mass is 32.2. The van der Waals surface area contributed by atoms with Crippen LogP contribution in [0.5, 0.6) is 0 Å². The van der Waals surface area contributed by atoms with Gasteiger partial charge in [-0.05, 0) is 58.3 Å². The van der Waals surface area contributed by atoms with Crippen LogP contribution in [-0.2, 0) is 19.0 Å². The zero-order chi connectivity index (χ0) is 18.7. The number of nitrogens with zero attached hydrogens (tertiary/aromatic N) is 1. The molecular formula is C18H33NO5S. The molecule has 1 aliphatic heterocycles. The number of likely N-dealkylation sites (tertiary alicyclic amines) is 1. The van der Waals surface area contributed by atoms with Crippen LogP contribution >= 0.6 is 0 Å². The molecule has 0 bridgehead atoms. The predicted molar refractivity (Wildman–Crippen MR) is 96.8 cm³/mol. The zero-order valence-electron chi connectivity index (χ0n) is 16.0. The van der Waals surface area contributed by atoms with Crippen molar-refractivity contribution >= 4 is 16.2 Å². The van der Waals surface area contributed by atoms with Crippen LogP contribution in [0.15, 0.2) is 0 Å². The van der Waals surface area contributed by atoms with Crippen molar-refractivity contribution in [3.05, 3.63) is 0 Å². The number of amides is 1. The van der Waals surface area contributed by atoms with Crippen molar-refractivity contribution in [3.63, 3.8) is 0 Å². The number of ether oxygens (including phenoxy) is 1. The van der Waals surface area contributed by atoms with E-state index in [1.807, 2.05) is 25.7 Å². The van der Waals surface area contributed by atoms with E-state index in [0.717, 1.165) is 31.9 Å². The van der Waals surface area contributed by atoms with E-state index in [1.165, 1.54) is 19.3 Å². The lowest BCUT2D eigenvalue weighted by molar-refractivity contribution is -0.0121. The Morgan fingerprint density at radius 1 is 1.12 bits per heavy atom. The van der Waals surface area contributed by atoms with Gasteiger partial charge in [-0.1, -0.05) is 19.3 Å². The van der Waals surface area contributed by atoms with Crippen LogP contribution in [0.25, 0.3) is 0 Å². The molecule has 0 aromatic carbocycles. The molecule has 7 heteroatoms. The summed E-state index contributed by atoms with van der Waals surface area (Å²) in [6.07, 6.45) is 8.30. The first-order valence-electron chi connectivity index (χ1n) is 9.39. The van der Waals surface area contributed by atoms with Gasteiger partial charge in [0.2, 0.25) is 0 Å². The van der Waals surface area contributed by atoms with Gasteiger partial charge >= 0.3 is 6.09 Å². The first-order valence-corrected chi connectivity index (χ1v) is 11.2. The fourth-order valence-electron chi connectivity index (χ4n) is 3.96. The smallest absolute Gasteiger partial charge is 0.410 e. The van der Waals surface area contributed by atoms with E-state index in [4.69, 9.17) is 8.92 Å². The van der Waals surface area contributed by atoms with E-state index in [9.17, 15) is 13.2 Å². The molecule has 1 aliphatic carbocycles. The van der Waals surface area contributed by atoms with Crippen molar-refractivity contribution in [1.82, 2.24) is 4.90 Å². The van der Waals surface area contributed by atoms with Crippen molar-refractivity contribution in [2.24, 2.45) is 11.8 Å². The van der Waals surface area contributed by atoms with Crippen LogP contribution in [0.4, 0.5) is 4.79 Å².